The van der Waals surface area contributed by atoms with Crippen LogP contribution in [0.2, 0.25) is 0 Å². The molecule has 4 rings (SSSR count). The molecule has 1 aliphatic rings. The summed E-state index contributed by atoms with van der Waals surface area (Å²) in [5, 5.41) is 15.2. The lowest BCUT2D eigenvalue weighted by atomic mass is 9.71. The van der Waals surface area contributed by atoms with Crippen LogP contribution < -0.4 is 10.1 Å². The van der Waals surface area contributed by atoms with E-state index in [2.05, 4.69) is 20.3 Å². The van der Waals surface area contributed by atoms with Crippen LogP contribution in [-0.2, 0) is 5.60 Å². The third-order valence-electron chi connectivity index (χ3n) is 5.72. The fraction of sp³-hybridized carbons (Fsp3) is 0.400. The van der Waals surface area contributed by atoms with Crippen LogP contribution in [0.25, 0.3) is 22.3 Å². The first-order valence-corrected chi connectivity index (χ1v) is 9.06. The second-order valence-electron chi connectivity index (χ2n) is 7.27. The number of pyridine rings is 2. The minimum Gasteiger partial charge on any atom is -0.496 e. The number of aliphatic hydroxyl groups is 1. The van der Waals surface area contributed by atoms with E-state index in [0.717, 1.165) is 0 Å². The Bertz CT molecular complexity index is 977. The highest BCUT2D eigenvalue weighted by Crippen LogP contribution is 2.43. The van der Waals surface area contributed by atoms with Crippen LogP contribution in [0.1, 0.15) is 19.4 Å². The minimum absolute atomic E-state index is 0.00227. The SMILES string of the molecule is COc1cc(-c2ccnc3[nH]cc(F)c23)ncc1C1(O)[C@H](C)CNC[C@@H]1C. The van der Waals surface area contributed by atoms with E-state index in [1.54, 1.807) is 31.6 Å². The molecule has 0 bridgehead atoms. The molecule has 142 valence electrons. The first-order chi connectivity index (χ1) is 13.0. The fourth-order valence-electron chi connectivity index (χ4n) is 4.13. The van der Waals surface area contributed by atoms with Crippen molar-refractivity contribution >= 4 is 11.0 Å². The van der Waals surface area contributed by atoms with Gasteiger partial charge in [0.2, 0.25) is 0 Å². The number of halogens is 1. The Hall–Kier alpha value is -2.51. The second kappa shape index (κ2) is 6.58. The van der Waals surface area contributed by atoms with E-state index in [9.17, 15) is 9.50 Å². The van der Waals surface area contributed by atoms with Crippen molar-refractivity contribution in [3.63, 3.8) is 0 Å². The van der Waals surface area contributed by atoms with Gasteiger partial charge in [-0.25, -0.2) is 9.37 Å². The van der Waals surface area contributed by atoms with Gasteiger partial charge in [0.15, 0.2) is 5.82 Å². The fourth-order valence-corrected chi connectivity index (χ4v) is 4.13. The molecule has 0 aromatic carbocycles. The highest BCUT2D eigenvalue weighted by atomic mass is 19.1. The number of aromatic amines is 1. The van der Waals surface area contributed by atoms with Gasteiger partial charge < -0.3 is 20.1 Å². The van der Waals surface area contributed by atoms with E-state index in [0.29, 0.717) is 46.7 Å². The molecule has 3 atom stereocenters. The molecule has 1 unspecified atom stereocenters. The van der Waals surface area contributed by atoms with Crippen molar-refractivity contribution < 1.29 is 14.2 Å². The number of nitrogens with one attached hydrogen (secondary N) is 2. The van der Waals surface area contributed by atoms with E-state index in [1.165, 1.54) is 6.20 Å². The number of rotatable bonds is 3. The van der Waals surface area contributed by atoms with Crippen LogP contribution in [-0.4, -0.2) is 40.3 Å². The number of ether oxygens (including phenoxy) is 1. The summed E-state index contributed by atoms with van der Waals surface area (Å²) < 4.78 is 19.8. The molecule has 1 saturated heterocycles. The molecular formula is C20H23FN4O2. The maximum absolute atomic E-state index is 14.2. The lowest BCUT2D eigenvalue weighted by Crippen LogP contribution is -2.53. The molecule has 0 radical (unpaired) electrons. The molecule has 3 aromatic heterocycles. The predicted octanol–water partition coefficient (Wildman–Crippen LogP) is 2.84. The molecule has 0 spiro atoms. The van der Waals surface area contributed by atoms with Crippen molar-refractivity contribution in [2.24, 2.45) is 11.8 Å². The van der Waals surface area contributed by atoms with Crippen LogP contribution in [0.5, 0.6) is 5.75 Å². The second-order valence-corrected chi connectivity index (χ2v) is 7.27. The molecule has 0 amide bonds. The van der Waals surface area contributed by atoms with Crippen molar-refractivity contribution in [3.8, 4) is 17.0 Å². The highest BCUT2D eigenvalue weighted by Gasteiger charge is 2.45. The molecule has 1 aliphatic heterocycles. The van der Waals surface area contributed by atoms with Crippen molar-refractivity contribution in [1.82, 2.24) is 20.3 Å². The summed E-state index contributed by atoms with van der Waals surface area (Å²) in [6.07, 6.45) is 4.55. The Morgan fingerprint density at radius 1 is 1.26 bits per heavy atom. The van der Waals surface area contributed by atoms with Gasteiger partial charge in [-0.2, -0.15) is 0 Å². The molecule has 6 nitrogen and oxygen atoms in total. The molecule has 0 aliphatic carbocycles. The summed E-state index contributed by atoms with van der Waals surface area (Å²) in [7, 11) is 1.57. The summed E-state index contributed by atoms with van der Waals surface area (Å²) in [5.74, 6) is 0.163. The van der Waals surface area contributed by atoms with E-state index in [1.807, 2.05) is 13.8 Å². The van der Waals surface area contributed by atoms with Crippen LogP contribution in [0, 0.1) is 17.7 Å². The predicted molar refractivity (Wildman–Crippen MR) is 101 cm³/mol. The molecule has 7 heteroatoms. The lowest BCUT2D eigenvalue weighted by molar-refractivity contribution is -0.0822. The number of H-pyrrole nitrogens is 1. The van der Waals surface area contributed by atoms with Gasteiger partial charge in [0.25, 0.3) is 0 Å². The van der Waals surface area contributed by atoms with Crippen molar-refractivity contribution in [3.05, 3.63) is 42.1 Å². The Labute approximate surface area is 156 Å². The first kappa shape index (κ1) is 17.9. The van der Waals surface area contributed by atoms with E-state index in [-0.39, 0.29) is 17.7 Å². The Kier molecular flexibility index (Phi) is 4.36. The first-order valence-electron chi connectivity index (χ1n) is 9.06. The van der Waals surface area contributed by atoms with E-state index in [4.69, 9.17) is 4.74 Å². The van der Waals surface area contributed by atoms with E-state index < -0.39 is 5.60 Å². The van der Waals surface area contributed by atoms with Crippen molar-refractivity contribution in [2.45, 2.75) is 19.4 Å². The molecule has 3 N–H and O–H groups in total. The minimum atomic E-state index is -1.05. The van der Waals surface area contributed by atoms with Crippen molar-refractivity contribution in [2.75, 3.05) is 20.2 Å². The number of fused-ring (bicyclic) bond motifs is 1. The normalized spacial score (nSPS) is 25.7. The number of piperidine rings is 1. The zero-order valence-corrected chi connectivity index (χ0v) is 15.6. The third kappa shape index (κ3) is 2.69. The summed E-state index contributed by atoms with van der Waals surface area (Å²) >= 11 is 0. The number of hydrogen-bond acceptors (Lipinski definition) is 5. The van der Waals surface area contributed by atoms with Crippen LogP contribution in [0.15, 0.2) is 30.7 Å². The van der Waals surface area contributed by atoms with Gasteiger partial charge >= 0.3 is 0 Å². The number of aromatic nitrogens is 3. The molecule has 0 saturated carbocycles. The Balaban J connectivity index is 1.86. The number of nitrogens with zero attached hydrogens (tertiary/aromatic N) is 2. The van der Waals surface area contributed by atoms with Crippen LogP contribution in [0.4, 0.5) is 4.39 Å². The highest BCUT2D eigenvalue weighted by molar-refractivity contribution is 5.92. The van der Waals surface area contributed by atoms with Gasteiger partial charge in [-0.3, -0.25) is 4.98 Å². The zero-order chi connectivity index (χ0) is 19.2. The molecule has 4 heterocycles. The van der Waals surface area contributed by atoms with Gasteiger partial charge in [0.1, 0.15) is 17.0 Å². The maximum Gasteiger partial charge on any atom is 0.150 e. The Morgan fingerprint density at radius 2 is 2.00 bits per heavy atom. The number of hydrogen-bond donors (Lipinski definition) is 3. The van der Waals surface area contributed by atoms with E-state index >= 15 is 0 Å². The zero-order valence-electron chi connectivity index (χ0n) is 15.6. The standard InChI is InChI=1S/C20H23FN4O2/c1-11-7-22-8-12(2)20(11,26)14-9-24-16(6-17(14)27-3)13-4-5-23-19-18(13)15(21)10-25-19/h4-6,9-12,22,26H,7-8H2,1-3H3,(H,23,25)/t11-,12+,20?. The summed E-state index contributed by atoms with van der Waals surface area (Å²) in [5.41, 5.74) is 1.28. The average molecular weight is 370 g/mol. The van der Waals surface area contributed by atoms with Gasteiger partial charge in [-0.15, -0.1) is 0 Å². The van der Waals surface area contributed by atoms with Crippen LogP contribution >= 0.6 is 0 Å². The van der Waals surface area contributed by atoms with Crippen molar-refractivity contribution in [1.29, 1.82) is 0 Å². The Morgan fingerprint density at radius 3 is 2.70 bits per heavy atom. The quantitative estimate of drug-likeness (QED) is 0.660. The molecule has 27 heavy (non-hydrogen) atoms. The molecule has 1 fully saturated rings. The molecule has 3 aromatic rings. The van der Waals surface area contributed by atoms with Gasteiger partial charge in [0.05, 0.1) is 18.2 Å². The van der Waals surface area contributed by atoms with Gasteiger partial charge in [0, 0.05) is 60.7 Å². The monoisotopic (exact) mass is 370 g/mol. The maximum atomic E-state index is 14.2. The molecular weight excluding hydrogens is 347 g/mol. The topological polar surface area (TPSA) is 83.1 Å². The summed E-state index contributed by atoms with van der Waals surface area (Å²) in [4.78, 5) is 11.5. The summed E-state index contributed by atoms with van der Waals surface area (Å²) in [6.45, 7) is 5.45. The largest absolute Gasteiger partial charge is 0.496 e. The van der Waals surface area contributed by atoms with Gasteiger partial charge in [-0.1, -0.05) is 13.8 Å². The smallest absolute Gasteiger partial charge is 0.150 e. The van der Waals surface area contributed by atoms with Crippen LogP contribution in [0.3, 0.4) is 0 Å². The number of methoxy groups -OCH3 is 1. The lowest BCUT2D eigenvalue weighted by Gasteiger charge is -2.44. The third-order valence-corrected chi connectivity index (χ3v) is 5.72. The average Bonchev–Trinajstić information content (AvgIpc) is 3.07. The van der Waals surface area contributed by atoms with Gasteiger partial charge in [-0.05, 0) is 6.07 Å². The summed E-state index contributed by atoms with van der Waals surface area (Å²) in [6, 6.07) is 3.49.